The second-order valence-electron chi connectivity index (χ2n) is 4.49. The highest BCUT2D eigenvalue weighted by Gasteiger charge is 2.32. The van der Waals surface area contributed by atoms with Crippen molar-refractivity contribution in [3.63, 3.8) is 0 Å². The summed E-state index contributed by atoms with van der Waals surface area (Å²) in [6.45, 7) is 7.36. The maximum Gasteiger partial charge on any atom is 0.139 e. The van der Waals surface area contributed by atoms with Gasteiger partial charge in [-0.25, -0.2) is 4.39 Å². The van der Waals surface area contributed by atoms with Gasteiger partial charge in [0.2, 0.25) is 0 Å². The number of nitrogens with zero attached hydrogens (tertiary/aromatic N) is 1. The van der Waals surface area contributed by atoms with Gasteiger partial charge < -0.3 is 5.11 Å². The van der Waals surface area contributed by atoms with E-state index in [1.165, 1.54) is 0 Å². The molecule has 0 aliphatic carbocycles. The molecule has 0 amide bonds. The van der Waals surface area contributed by atoms with Crippen LogP contribution in [0.1, 0.15) is 27.2 Å². The summed E-state index contributed by atoms with van der Waals surface area (Å²) in [4.78, 5) is 2.07. The molecule has 2 nitrogen and oxygen atoms in total. The molecule has 0 aromatic heterocycles. The van der Waals surface area contributed by atoms with Crippen LogP contribution in [0.15, 0.2) is 0 Å². The van der Waals surface area contributed by atoms with Crippen LogP contribution in [0.25, 0.3) is 0 Å². The van der Waals surface area contributed by atoms with Crippen LogP contribution in [0.5, 0.6) is 0 Å². The van der Waals surface area contributed by atoms with Gasteiger partial charge in [0.1, 0.15) is 6.17 Å². The molecule has 1 fully saturated rings. The molecule has 1 rings (SSSR count). The first-order chi connectivity index (χ1) is 5.41. The molecule has 0 unspecified atom stereocenters. The lowest BCUT2D eigenvalue weighted by atomic mass is 9.98. The SMILES string of the molecule is CC(C)(C)N1CC[C@@H](O)[C@H](F)C1. The number of likely N-dealkylation sites (tertiary alicyclic amines) is 1. The predicted octanol–water partition coefficient (Wildman–Crippen LogP) is 1.19. The van der Waals surface area contributed by atoms with Crippen LogP contribution in [0.3, 0.4) is 0 Å². The monoisotopic (exact) mass is 175 g/mol. The van der Waals surface area contributed by atoms with E-state index in [4.69, 9.17) is 5.11 Å². The van der Waals surface area contributed by atoms with Crippen LogP contribution < -0.4 is 0 Å². The number of aliphatic hydroxyl groups is 1. The van der Waals surface area contributed by atoms with Gasteiger partial charge in [0.15, 0.2) is 0 Å². The minimum atomic E-state index is -1.07. The van der Waals surface area contributed by atoms with E-state index in [0.29, 0.717) is 13.0 Å². The van der Waals surface area contributed by atoms with Crippen LogP contribution >= 0.6 is 0 Å². The Hall–Kier alpha value is -0.150. The first-order valence-electron chi connectivity index (χ1n) is 4.48. The number of hydrogen-bond acceptors (Lipinski definition) is 2. The maximum atomic E-state index is 13.1. The number of piperidine rings is 1. The smallest absolute Gasteiger partial charge is 0.139 e. The summed E-state index contributed by atoms with van der Waals surface area (Å²) in [7, 11) is 0. The van der Waals surface area contributed by atoms with Crippen molar-refractivity contribution in [2.24, 2.45) is 0 Å². The van der Waals surface area contributed by atoms with Crippen LogP contribution in [-0.2, 0) is 0 Å². The molecule has 1 heterocycles. The van der Waals surface area contributed by atoms with Gasteiger partial charge in [0.25, 0.3) is 0 Å². The Kier molecular flexibility index (Phi) is 2.74. The fourth-order valence-corrected chi connectivity index (χ4v) is 1.50. The summed E-state index contributed by atoms with van der Waals surface area (Å²) in [5.41, 5.74) is 0.0183. The van der Waals surface area contributed by atoms with Gasteiger partial charge in [-0.15, -0.1) is 0 Å². The van der Waals surface area contributed by atoms with E-state index < -0.39 is 12.3 Å². The van der Waals surface area contributed by atoms with Crippen LogP contribution in [0, 0.1) is 0 Å². The Bertz CT molecular complexity index is 155. The standard InChI is InChI=1S/C9H18FNO/c1-9(2,3)11-5-4-8(12)7(10)6-11/h7-8,12H,4-6H2,1-3H3/t7-,8-/m1/s1. The molecule has 12 heavy (non-hydrogen) atoms. The molecule has 1 aliphatic rings. The summed E-state index contributed by atoms with van der Waals surface area (Å²) >= 11 is 0. The van der Waals surface area contributed by atoms with Crippen molar-refractivity contribution in [3.05, 3.63) is 0 Å². The quantitative estimate of drug-likeness (QED) is 0.598. The molecule has 72 valence electrons. The fourth-order valence-electron chi connectivity index (χ4n) is 1.50. The van der Waals surface area contributed by atoms with Gasteiger partial charge in [0, 0.05) is 18.6 Å². The third-order valence-corrected chi connectivity index (χ3v) is 2.46. The molecule has 2 atom stereocenters. The predicted molar refractivity (Wildman–Crippen MR) is 46.8 cm³/mol. The number of aliphatic hydroxyl groups excluding tert-OH is 1. The van der Waals surface area contributed by atoms with Crippen LogP contribution in [0.2, 0.25) is 0 Å². The molecule has 0 saturated carbocycles. The summed E-state index contributed by atoms with van der Waals surface area (Å²) in [6.07, 6.45) is -1.26. The highest BCUT2D eigenvalue weighted by atomic mass is 19.1. The molecule has 0 radical (unpaired) electrons. The minimum absolute atomic E-state index is 0.0183. The molecule has 3 heteroatoms. The lowest BCUT2D eigenvalue weighted by Crippen LogP contribution is -2.52. The molecular weight excluding hydrogens is 157 g/mol. The molecule has 1 saturated heterocycles. The summed E-state index contributed by atoms with van der Waals surface area (Å²) in [5, 5.41) is 9.16. The molecule has 1 N–H and O–H groups in total. The van der Waals surface area contributed by atoms with E-state index in [2.05, 4.69) is 25.7 Å². The van der Waals surface area contributed by atoms with Crippen LogP contribution in [-0.4, -0.2) is 40.9 Å². The van der Waals surface area contributed by atoms with Crippen molar-refractivity contribution in [2.45, 2.75) is 45.0 Å². The largest absolute Gasteiger partial charge is 0.390 e. The van der Waals surface area contributed by atoms with E-state index in [0.717, 1.165) is 6.54 Å². The van der Waals surface area contributed by atoms with Crippen molar-refractivity contribution in [1.29, 1.82) is 0 Å². The average molecular weight is 175 g/mol. The summed E-state index contributed by atoms with van der Waals surface area (Å²) in [6, 6.07) is 0. The van der Waals surface area contributed by atoms with Crippen LogP contribution in [0.4, 0.5) is 4.39 Å². The first kappa shape index (κ1) is 9.93. The van der Waals surface area contributed by atoms with E-state index in [1.807, 2.05) is 0 Å². The van der Waals surface area contributed by atoms with Crippen molar-refractivity contribution < 1.29 is 9.50 Å². The number of alkyl halides is 1. The molecule has 0 aromatic carbocycles. The Morgan fingerprint density at radius 3 is 2.42 bits per heavy atom. The normalized spacial score (nSPS) is 33.8. The van der Waals surface area contributed by atoms with Gasteiger partial charge in [0.05, 0.1) is 6.10 Å². The molecule has 0 bridgehead atoms. The van der Waals surface area contributed by atoms with Crippen molar-refractivity contribution >= 4 is 0 Å². The Morgan fingerprint density at radius 1 is 1.42 bits per heavy atom. The molecule has 0 spiro atoms. The van der Waals surface area contributed by atoms with Crippen molar-refractivity contribution in [2.75, 3.05) is 13.1 Å². The molecular formula is C9H18FNO. The first-order valence-corrected chi connectivity index (χ1v) is 4.48. The Balaban J connectivity index is 2.51. The van der Waals surface area contributed by atoms with Gasteiger partial charge in [-0.3, -0.25) is 4.90 Å². The number of rotatable bonds is 0. The highest BCUT2D eigenvalue weighted by molar-refractivity contribution is 4.86. The Labute approximate surface area is 73.4 Å². The summed E-state index contributed by atoms with van der Waals surface area (Å²) < 4.78 is 13.1. The van der Waals surface area contributed by atoms with E-state index >= 15 is 0 Å². The van der Waals surface area contributed by atoms with Gasteiger partial charge in [-0.2, -0.15) is 0 Å². The van der Waals surface area contributed by atoms with E-state index in [1.54, 1.807) is 0 Å². The second kappa shape index (κ2) is 3.30. The lowest BCUT2D eigenvalue weighted by Gasteiger charge is -2.41. The third kappa shape index (κ3) is 2.17. The molecule has 1 aliphatic heterocycles. The van der Waals surface area contributed by atoms with Crippen molar-refractivity contribution in [1.82, 2.24) is 4.90 Å². The van der Waals surface area contributed by atoms with Crippen molar-refractivity contribution in [3.8, 4) is 0 Å². The van der Waals surface area contributed by atoms with Gasteiger partial charge in [-0.1, -0.05) is 0 Å². The molecule has 0 aromatic rings. The zero-order valence-corrected chi connectivity index (χ0v) is 8.05. The maximum absolute atomic E-state index is 13.1. The second-order valence-corrected chi connectivity index (χ2v) is 4.49. The topological polar surface area (TPSA) is 23.5 Å². The number of halogens is 1. The minimum Gasteiger partial charge on any atom is -0.390 e. The average Bonchev–Trinajstić information content (AvgIpc) is 1.92. The fraction of sp³-hybridized carbons (Fsp3) is 1.00. The van der Waals surface area contributed by atoms with Gasteiger partial charge in [-0.05, 0) is 27.2 Å². The number of hydrogen-bond donors (Lipinski definition) is 1. The zero-order chi connectivity index (χ0) is 9.35. The summed E-state index contributed by atoms with van der Waals surface area (Å²) in [5.74, 6) is 0. The van der Waals surface area contributed by atoms with Gasteiger partial charge >= 0.3 is 0 Å². The third-order valence-electron chi connectivity index (χ3n) is 2.46. The lowest BCUT2D eigenvalue weighted by molar-refractivity contribution is -0.0232. The highest BCUT2D eigenvalue weighted by Crippen LogP contribution is 2.21. The zero-order valence-electron chi connectivity index (χ0n) is 8.05. The van der Waals surface area contributed by atoms with E-state index in [-0.39, 0.29) is 5.54 Å². The Morgan fingerprint density at radius 2 is 2.00 bits per heavy atom. The van der Waals surface area contributed by atoms with E-state index in [9.17, 15) is 4.39 Å².